The number of morpholine rings is 1. The van der Waals surface area contributed by atoms with Crippen LogP contribution in [-0.4, -0.2) is 62.5 Å². The lowest BCUT2D eigenvalue weighted by Gasteiger charge is -2.37. The van der Waals surface area contributed by atoms with Crippen molar-refractivity contribution in [2.75, 3.05) is 39.4 Å². The fourth-order valence-corrected chi connectivity index (χ4v) is 3.28. The first kappa shape index (κ1) is 18.3. The molecule has 0 aromatic carbocycles. The van der Waals surface area contributed by atoms with E-state index in [1.807, 2.05) is 12.1 Å². The second-order valence-corrected chi connectivity index (χ2v) is 7.22. The van der Waals surface area contributed by atoms with E-state index >= 15 is 0 Å². The van der Waals surface area contributed by atoms with Crippen LogP contribution in [0.2, 0.25) is 0 Å². The topological polar surface area (TPSA) is 59.2 Å². The molecule has 2 aliphatic heterocycles. The monoisotopic (exact) mass is 349 g/mol. The van der Waals surface area contributed by atoms with Gasteiger partial charge >= 0.3 is 0 Å². The van der Waals surface area contributed by atoms with E-state index in [2.05, 4.69) is 24.1 Å². The molecule has 2 atom stereocenters. The highest BCUT2D eigenvalue weighted by Crippen LogP contribution is 2.21. The first-order valence-corrected chi connectivity index (χ1v) is 9.51. The second kappa shape index (κ2) is 9.25. The third kappa shape index (κ3) is 5.47. The van der Waals surface area contributed by atoms with Crippen molar-refractivity contribution in [2.45, 2.75) is 45.3 Å². The van der Waals surface area contributed by atoms with Gasteiger partial charge in [-0.1, -0.05) is 13.8 Å². The molecular formula is C19H31N3O3. The molecule has 0 bridgehead atoms. The molecular weight excluding hydrogens is 318 g/mol. The zero-order valence-corrected chi connectivity index (χ0v) is 15.4. The molecule has 2 fully saturated rings. The van der Waals surface area contributed by atoms with Gasteiger partial charge in [0, 0.05) is 39.2 Å². The smallest absolute Gasteiger partial charge is 0.194 e. The van der Waals surface area contributed by atoms with E-state index in [0.29, 0.717) is 5.92 Å². The molecule has 6 nitrogen and oxygen atoms in total. The summed E-state index contributed by atoms with van der Waals surface area (Å²) in [7, 11) is 0. The van der Waals surface area contributed by atoms with Crippen molar-refractivity contribution >= 4 is 5.96 Å². The summed E-state index contributed by atoms with van der Waals surface area (Å²) >= 11 is 0. The zero-order chi connectivity index (χ0) is 17.5. The minimum atomic E-state index is 0.146. The Kier molecular flexibility index (Phi) is 6.76. The summed E-state index contributed by atoms with van der Waals surface area (Å²) in [6.07, 6.45) is 5.19. The van der Waals surface area contributed by atoms with Crippen LogP contribution in [0.4, 0.5) is 0 Å². The number of hydrogen-bond acceptors (Lipinski definition) is 4. The normalized spacial score (nSPS) is 24.9. The van der Waals surface area contributed by atoms with E-state index in [4.69, 9.17) is 18.9 Å². The van der Waals surface area contributed by atoms with Crippen molar-refractivity contribution in [2.24, 2.45) is 10.9 Å². The molecule has 1 N–H and O–H groups in total. The molecule has 3 heterocycles. The molecule has 2 aliphatic rings. The number of hydrogen-bond donors (Lipinski definition) is 1. The molecule has 25 heavy (non-hydrogen) atoms. The van der Waals surface area contributed by atoms with E-state index in [1.54, 1.807) is 6.26 Å². The summed E-state index contributed by atoms with van der Waals surface area (Å²) in [6.45, 7) is 9.32. The fraction of sp³-hybridized carbons (Fsp3) is 0.737. The maximum Gasteiger partial charge on any atom is 0.194 e. The van der Waals surface area contributed by atoms with Gasteiger partial charge in [-0.2, -0.15) is 0 Å². The number of nitrogens with zero attached hydrogens (tertiary/aromatic N) is 2. The quantitative estimate of drug-likeness (QED) is 0.631. The van der Waals surface area contributed by atoms with Crippen molar-refractivity contribution in [3.05, 3.63) is 24.2 Å². The van der Waals surface area contributed by atoms with E-state index in [-0.39, 0.29) is 12.2 Å². The number of guanidine groups is 1. The van der Waals surface area contributed by atoms with Gasteiger partial charge in [0.05, 0.1) is 19.0 Å². The molecule has 1 aromatic rings. The van der Waals surface area contributed by atoms with Crippen LogP contribution in [0.3, 0.4) is 0 Å². The zero-order valence-electron chi connectivity index (χ0n) is 15.4. The SMILES string of the molecule is CC(C)CN=C(NCCc1ccco1)N1CCOC(C2CCCO2)C1. The van der Waals surface area contributed by atoms with Crippen LogP contribution in [0.25, 0.3) is 0 Å². The van der Waals surface area contributed by atoms with Crippen LogP contribution >= 0.6 is 0 Å². The summed E-state index contributed by atoms with van der Waals surface area (Å²) in [5.74, 6) is 2.51. The maximum absolute atomic E-state index is 5.97. The Bertz CT molecular complexity index is 524. The first-order chi connectivity index (χ1) is 12.2. The molecule has 0 spiro atoms. The Morgan fingerprint density at radius 2 is 2.20 bits per heavy atom. The Labute approximate surface area is 150 Å². The highest BCUT2D eigenvalue weighted by atomic mass is 16.5. The number of rotatable bonds is 6. The molecule has 6 heteroatoms. The van der Waals surface area contributed by atoms with Gasteiger partial charge in [-0.15, -0.1) is 0 Å². The van der Waals surface area contributed by atoms with Gasteiger partial charge in [0.25, 0.3) is 0 Å². The van der Waals surface area contributed by atoms with Gasteiger partial charge in [0.2, 0.25) is 0 Å². The molecule has 0 radical (unpaired) electrons. The lowest BCUT2D eigenvalue weighted by Crippen LogP contribution is -2.53. The number of nitrogens with one attached hydrogen (secondary N) is 1. The van der Waals surface area contributed by atoms with Crippen molar-refractivity contribution < 1.29 is 13.9 Å². The predicted molar refractivity (Wildman–Crippen MR) is 97.8 cm³/mol. The average Bonchev–Trinajstić information content (AvgIpc) is 3.31. The van der Waals surface area contributed by atoms with Crippen molar-refractivity contribution in [1.29, 1.82) is 0 Å². The Morgan fingerprint density at radius 3 is 2.92 bits per heavy atom. The molecule has 2 saturated heterocycles. The van der Waals surface area contributed by atoms with Crippen molar-refractivity contribution in [3.63, 3.8) is 0 Å². The second-order valence-electron chi connectivity index (χ2n) is 7.22. The lowest BCUT2D eigenvalue weighted by molar-refractivity contribution is -0.0817. The largest absolute Gasteiger partial charge is 0.469 e. The number of aliphatic imine (C=N–C) groups is 1. The van der Waals surface area contributed by atoms with Gasteiger partial charge < -0.3 is 24.1 Å². The maximum atomic E-state index is 5.97. The van der Waals surface area contributed by atoms with Crippen LogP contribution in [0, 0.1) is 5.92 Å². The van der Waals surface area contributed by atoms with Crippen LogP contribution in [-0.2, 0) is 15.9 Å². The van der Waals surface area contributed by atoms with Crippen LogP contribution in [0.15, 0.2) is 27.8 Å². The summed E-state index contributed by atoms with van der Waals surface area (Å²) < 4.78 is 17.2. The molecule has 0 amide bonds. The molecule has 3 rings (SSSR count). The summed E-state index contributed by atoms with van der Waals surface area (Å²) in [4.78, 5) is 7.15. The van der Waals surface area contributed by atoms with E-state index in [1.165, 1.54) is 0 Å². The third-order valence-electron chi connectivity index (χ3n) is 4.61. The van der Waals surface area contributed by atoms with E-state index in [9.17, 15) is 0 Å². The Morgan fingerprint density at radius 1 is 1.32 bits per heavy atom. The van der Waals surface area contributed by atoms with E-state index in [0.717, 1.165) is 70.4 Å². The Balaban J connectivity index is 1.57. The summed E-state index contributed by atoms with van der Waals surface area (Å²) in [5, 5.41) is 3.51. The Hall–Kier alpha value is -1.53. The lowest BCUT2D eigenvalue weighted by atomic mass is 10.1. The first-order valence-electron chi connectivity index (χ1n) is 9.51. The summed E-state index contributed by atoms with van der Waals surface area (Å²) in [5.41, 5.74) is 0. The van der Waals surface area contributed by atoms with Gasteiger partial charge in [-0.25, -0.2) is 0 Å². The molecule has 2 unspecified atom stereocenters. The number of furan rings is 1. The minimum absolute atomic E-state index is 0.146. The molecule has 0 saturated carbocycles. The molecule has 0 aliphatic carbocycles. The third-order valence-corrected chi connectivity index (χ3v) is 4.61. The van der Waals surface area contributed by atoms with Gasteiger partial charge in [0.15, 0.2) is 5.96 Å². The summed E-state index contributed by atoms with van der Waals surface area (Å²) in [6, 6.07) is 3.94. The average molecular weight is 349 g/mol. The van der Waals surface area contributed by atoms with Crippen molar-refractivity contribution in [1.82, 2.24) is 10.2 Å². The van der Waals surface area contributed by atoms with Gasteiger partial charge in [-0.3, -0.25) is 4.99 Å². The fourth-order valence-electron chi connectivity index (χ4n) is 3.28. The van der Waals surface area contributed by atoms with Crippen LogP contribution in [0.5, 0.6) is 0 Å². The van der Waals surface area contributed by atoms with E-state index < -0.39 is 0 Å². The van der Waals surface area contributed by atoms with Gasteiger partial charge in [-0.05, 0) is 30.9 Å². The van der Waals surface area contributed by atoms with Crippen LogP contribution in [0.1, 0.15) is 32.4 Å². The van der Waals surface area contributed by atoms with Gasteiger partial charge in [0.1, 0.15) is 11.9 Å². The molecule has 1 aromatic heterocycles. The highest BCUT2D eigenvalue weighted by molar-refractivity contribution is 5.80. The minimum Gasteiger partial charge on any atom is -0.469 e. The highest BCUT2D eigenvalue weighted by Gasteiger charge is 2.32. The molecule has 140 valence electrons. The van der Waals surface area contributed by atoms with Crippen molar-refractivity contribution in [3.8, 4) is 0 Å². The standard InChI is InChI=1S/C19H31N3O3/c1-15(2)13-21-19(20-8-7-16-5-3-10-23-16)22-9-12-25-18(14-22)17-6-4-11-24-17/h3,5,10,15,17-18H,4,6-9,11-14H2,1-2H3,(H,20,21). The number of ether oxygens (including phenoxy) is 2. The van der Waals surface area contributed by atoms with Crippen LogP contribution < -0.4 is 5.32 Å². The predicted octanol–water partition coefficient (Wildman–Crippen LogP) is 2.30.